The number of fused-ring (bicyclic) bond motifs is 1. The van der Waals surface area contributed by atoms with Crippen LogP contribution >= 0.6 is 0 Å². The van der Waals surface area contributed by atoms with Gasteiger partial charge < -0.3 is 35.3 Å². The van der Waals surface area contributed by atoms with E-state index < -0.39 is 0 Å². The van der Waals surface area contributed by atoms with Gasteiger partial charge in [0.15, 0.2) is 0 Å². The van der Waals surface area contributed by atoms with Crippen molar-refractivity contribution in [3.05, 3.63) is 160 Å². The van der Waals surface area contributed by atoms with Gasteiger partial charge in [0.05, 0.1) is 17.6 Å². The largest absolute Gasteiger partial charge is 0.506 e. The monoisotopic (exact) mass is 864 g/mol. The SMILES string of the molecule is CC(Cc1cccc(CNC(=O)Cc2ccc(N(C)C=O)cc2)c1)NCCc1ccc(O)c2[nH]c(=O)ccc12.CCCN1CCC(OC(=O)Nc2ccccc2-c2ccccc2)CC1. The summed E-state index contributed by atoms with van der Waals surface area (Å²) in [6.45, 7) is 8.68. The Kier molecular flexibility index (Phi) is 17.2. The minimum atomic E-state index is -0.364. The zero-order valence-corrected chi connectivity index (χ0v) is 37.0. The maximum Gasteiger partial charge on any atom is 0.411 e. The number of nitrogens with one attached hydrogen (secondary N) is 4. The van der Waals surface area contributed by atoms with E-state index in [1.807, 2.05) is 97.1 Å². The average Bonchev–Trinajstić information content (AvgIpc) is 3.30. The number of phenolic OH excluding ortho intramolecular Hbond substituents is 1. The number of hydrogen-bond acceptors (Lipinski definition) is 8. The van der Waals surface area contributed by atoms with Crippen molar-refractivity contribution in [3.8, 4) is 16.9 Å². The number of ether oxygens (including phenoxy) is 1. The van der Waals surface area contributed by atoms with Gasteiger partial charge >= 0.3 is 6.09 Å². The average molecular weight is 865 g/mol. The topological polar surface area (TPSA) is 156 Å². The fourth-order valence-corrected chi connectivity index (χ4v) is 7.94. The summed E-state index contributed by atoms with van der Waals surface area (Å²) >= 11 is 0. The second-order valence-electron chi connectivity index (χ2n) is 16.3. The summed E-state index contributed by atoms with van der Waals surface area (Å²) in [6, 6.07) is 40.4. The number of aromatic amines is 1. The maximum absolute atomic E-state index is 12.5. The van der Waals surface area contributed by atoms with Gasteiger partial charge in [-0.25, -0.2) is 4.79 Å². The molecular weight excluding hydrogens is 805 g/mol. The zero-order valence-electron chi connectivity index (χ0n) is 37.0. The summed E-state index contributed by atoms with van der Waals surface area (Å²) in [5, 5.41) is 20.4. The Hall–Kier alpha value is -6.76. The molecule has 1 aromatic heterocycles. The van der Waals surface area contributed by atoms with Crippen LogP contribution in [0.15, 0.2) is 132 Å². The number of piperidine rings is 1. The van der Waals surface area contributed by atoms with Crippen molar-refractivity contribution in [2.75, 3.05) is 43.4 Å². The van der Waals surface area contributed by atoms with E-state index in [4.69, 9.17) is 4.74 Å². The molecule has 1 aliphatic rings. The Labute approximate surface area is 375 Å². The molecule has 0 saturated carbocycles. The molecule has 1 aliphatic heterocycles. The fourth-order valence-electron chi connectivity index (χ4n) is 7.94. The number of para-hydroxylation sites is 1. The molecule has 12 heteroatoms. The first-order valence-corrected chi connectivity index (χ1v) is 22.1. The maximum atomic E-state index is 12.5. The number of aromatic hydroxyl groups is 1. The van der Waals surface area contributed by atoms with Gasteiger partial charge in [0.1, 0.15) is 11.9 Å². The van der Waals surface area contributed by atoms with Gasteiger partial charge in [0.2, 0.25) is 17.9 Å². The van der Waals surface area contributed by atoms with Crippen molar-refractivity contribution in [1.82, 2.24) is 20.5 Å². The molecule has 3 amide bonds. The number of nitrogens with zero attached hydrogens (tertiary/aromatic N) is 2. The number of anilines is 2. The first-order valence-electron chi connectivity index (χ1n) is 22.1. The van der Waals surface area contributed by atoms with Crippen molar-refractivity contribution in [2.45, 2.75) is 71.1 Å². The lowest BCUT2D eigenvalue weighted by atomic mass is 10.0. The highest BCUT2D eigenvalue weighted by Crippen LogP contribution is 2.28. The standard InChI is InChI=1S/C31H34N4O4.C21H26N2O2/c1-21(32-15-14-25-8-12-28(37)31-27(25)11-13-29(38)34-31)16-23-4-3-5-24(17-23)19-33-30(39)18-22-6-9-26(10-7-22)35(2)20-36;1-2-14-23-15-12-18(13-16-23)25-21(24)22-20-11-7-6-10-19(20)17-8-4-3-5-9-17/h3-13,17,20-21,32,37H,14-16,18-19H2,1-2H3,(H,33,39)(H,34,38);3-11,18H,2,12-16H2,1H3,(H,22,24). The van der Waals surface area contributed by atoms with E-state index in [1.54, 1.807) is 19.2 Å². The zero-order chi connectivity index (χ0) is 45.3. The summed E-state index contributed by atoms with van der Waals surface area (Å²) in [7, 11) is 1.68. The van der Waals surface area contributed by atoms with Crippen molar-refractivity contribution in [3.63, 3.8) is 0 Å². The Morgan fingerprint density at radius 2 is 1.62 bits per heavy atom. The molecule has 64 heavy (non-hydrogen) atoms. The summed E-state index contributed by atoms with van der Waals surface area (Å²) in [5.74, 6) is 0.0133. The van der Waals surface area contributed by atoms with E-state index in [0.29, 0.717) is 12.1 Å². The van der Waals surface area contributed by atoms with E-state index in [1.165, 1.54) is 23.0 Å². The number of phenols is 1. The molecule has 12 nitrogen and oxygen atoms in total. The quantitative estimate of drug-likeness (QED) is 0.0575. The Balaban J connectivity index is 0.000000234. The fraction of sp³-hybridized carbons (Fsp3) is 0.308. The molecule has 0 radical (unpaired) electrons. The predicted molar refractivity (Wildman–Crippen MR) is 256 cm³/mol. The van der Waals surface area contributed by atoms with Crippen molar-refractivity contribution in [2.24, 2.45) is 0 Å². The molecule has 0 bridgehead atoms. The van der Waals surface area contributed by atoms with Gasteiger partial charge in [0, 0.05) is 55.4 Å². The molecule has 0 aliphatic carbocycles. The second kappa shape index (κ2) is 23.6. The van der Waals surface area contributed by atoms with E-state index in [0.717, 1.165) is 103 Å². The van der Waals surface area contributed by atoms with E-state index in [2.05, 4.69) is 51.8 Å². The molecule has 1 atom stereocenters. The van der Waals surface area contributed by atoms with Gasteiger partial charge in [-0.3, -0.25) is 19.7 Å². The van der Waals surface area contributed by atoms with Gasteiger partial charge in [0.25, 0.3) is 0 Å². The van der Waals surface area contributed by atoms with E-state index in [9.17, 15) is 24.3 Å². The van der Waals surface area contributed by atoms with Crippen LogP contribution in [0.25, 0.3) is 22.0 Å². The number of pyridine rings is 1. The van der Waals surface area contributed by atoms with Crippen LogP contribution in [0.5, 0.6) is 5.75 Å². The molecule has 1 saturated heterocycles. The van der Waals surface area contributed by atoms with E-state index >= 15 is 0 Å². The molecule has 0 spiro atoms. The normalized spacial score (nSPS) is 13.3. The number of amides is 3. The van der Waals surface area contributed by atoms with Crippen LogP contribution in [0.1, 0.15) is 55.4 Å². The predicted octanol–water partition coefficient (Wildman–Crippen LogP) is 8.23. The number of carbonyl (C=O) groups excluding carboxylic acids is 3. The second-order valence-corrected chi connectivity index (χ2v) is 16.3. The minimum absolute atomic E-state index is 0.0111. The summed E-state index contributed by atoms with van der Waals surface area (Å²) in [4.78, 5) is 53.9. The Morgan fingerprint density at radius 3 is 2.38 bits per heavy atom. The minimum Gasteiger partial charge on any atom is -0.506 e. The lowest BCUT2D eigenvalue weighted by Gasteiger charge is -2.31. The van der Waals surface area contributed by atoms with Gasteiger partial charge in [-0.1, -0.05) is 97.9 Å². The van der Waals surface area contributed by atoms with Gasteiger partial charge in [-0.15, -0.1) is 0 Å². The Bertz CT molecular complexity index is 2500. The van der Waals surface area contributed by atoms with Gasteiger partial charge in [-0.05, 0) is 110 Å². The first kappa shape index (κ1) is 46.7. The number of carbonyl (C=O) groups is 3. The molecule has 5 N–H and O–H groups in total. The lowest BCUT2D eigenvalue weighted by Crippen LogP contribution is -2.38. The smallest absolute Gasteiger partial charge is 0.411 e. The third-order valence-corrected chi connectivity index (χ3v) is 11.3. The van der Waals surface area contributed by atoms with E-state index in [-0.39, 0.29) is 41.9 Å². The highest BCUT2D eigenvalue weighted by atomic mass is 16.6. The number of hydrogen-bond donors (Lipinski definition) is 5. The van der Waals surface area contributed by atoms with Crippen molar-refractivity contribution >= 4 is 40.7 Å². The molecular formula is C52H60N6O6. The van der Waals surface area contributed by atoms with Crippen LogP contribution in [-0.4, -0.2) is 78.8 Å². The molecule has 334 valence electrons. The van der Waals surface area contributed by atoms with Crippen LogP contribution < -0.4 is 26.4 Å². The molecule has 1 unspecified atom stereocenters. The molecule has 2 heterocycles. The number of rotatable bonds is 17. The van der Waals surface area contributed by atoms with Gasteiger partial charge in [-0.2, -0.15) is 0 Å². The molecule has 7 rings (SSSR count). The lowest BCUT2D eigenvalue weighted by molar-refractivity contribution is -0.120. The van der Waals surface area contributed by atoms with Crippen molar-refractivity contribution < 1.29 is 24.2 Å². The number of benzene rings is 5. The highest BCUT2D eigenvalue weighted by molar-refractivity contribution is 5.91. The third-order valence-electron chi connectivity index (χ3n) is 11.3. The summed E-state index contributed by atoms with van der Waals surface area (Å²) in [5.41, 5.74) is 8.03. The Morgan fingerprint density at radius 1 is 0.891 bits per heavy atom. The highest BCUT2D eigenvalue weighted by Gasteiger charge is 2.22. The van der Waals surface area contributed by atoms with Crippen LogP contribution in [0, 0.1) is 0 Å². The van der Waals surface area contributed by atoms with Crippen LogP contribution in [0.4, 0.5) is 16.2 Å². The molecule has 1 fully saturated rings. The number of aromatic nitrogens is 1. The van der Waals surface area contributed by atoms with Crippen LogP contribution in [-0.2, 0) is 40.1 Å². The third kappa shape index (κ3) is 13.9. The van der Waals surface area contributed by atoms with Crippen LogP contribution in [0.3, 0.4) is 0 Å². The van der Waals surface area contributed by atoms with Crippen molar-refractivity contribution in [1.29, 1.82) is 0 Å². The molecule has 6 aromatic rings. The summed E-state index contributed by atoms with van der Waals surface area (Å²) < 4.78 is 5.64. The molecule has 5 aromatic carbocycles. The first-order chi connectivity index (χ1) is 31.1. The van der Waals surface area contributed by atoms with Crippen LogP contribution in [0.2, 0.25) is 0 Å². The number of H-pyrrole nitrogens is 1. The number of likely N-dealkylation sites (tertiary alicyclic amines) is 1. The summed E-state index contributed by atoms with van der Waals surface area (Å²) in [6.07, 6.45) is 5.26.